The third kappa shape index (κ3) is 8.04. The van der Waals surface area contributed by atoms with Crippen LogP contribution < -0.4 is 9.64 Å². The number of para-hydroxylation sites is 2. The number of carbonyl (C=O) groups is 3. The van der Waals surface area contributed by atoms with Gasteiger partial charge in [0.1, 0.15) is 0 Å². The van der Waals surface area contributed by atoms with Crippen molar-refractivity contribution in [2.45, 2.75) is 19.4 Å². The normalized spacial score (nSPS) is 15.5. The molecule has 0 aliphatic carbocycles. The molecular weight excluding hydrogens is 789 g/mol. The summed E-state index contributed by atoms with van der Waals surface area (Å²) in [6, 6.07) is 38.9. The van der Waals surface area contributed by atoms with E-state index in [1.54, 1.807) is 31.5 Å². The van der Waals surface area contributed by atoms with Crippen LogP contribution in [0.5, 0.6) is 5.88 Å². The van der Waals surface area contributed by atoms with Crippen molar-refractivity contribution < 1.29 is 27.5 Å². The maximum absolute atomic E-state index is 13.2. The van der Waals surface area contributed by atoms with Gasteiger partial charge >= 0.3 is 0 Å². The minimum Gasteiger partial charge on any atom is -0.481 e. The highest BCUT2D eigenvalue weighted by atomic mass is 32.2. The Morgan fingerprint density at radius 3 is 1.97 bits per heavy atom. The highest BCUT2D eigenvalue weighted by Gasteiger charge is 2.39. The number of pyridine rings is 3. The predicted octanol–water partition coefficient (Wildman–Crippen LogP) is 6.81. The summed E-state index contributed by atoms with van der Waals surface area (Å²) in [5.41, 5.74) is 8.75. The molecule has 3 aliphatic heterocycles. The van der Waals surface area contributed by atoms with Gasteiger partial charge in [-0.15, -0.1) is 0 Å². The second-order valence-corrected chi connectivity index (χ2v) is 17.5. The molecule has 0 unspecified atom stereocenters. The average molecular weight is 831 g/mol. The monoisotopic (exact) mass is 830 g/mol. The molecule has 0 radical (unpaired) electrons. The molecule has 4 aromatic carbocycles. The van der Waals surface area contributed by atoms with Crippen LogP contribution in [-0.2, 0) is 29.2 Å². The van der Waals surface area contributed by atoms with Crippen LogP contribution >= 0.6 is 0 Å². The van der Waals surface area contributed by atoms with Crippen LogP contribution in [0.4, 0.5) is 5.69 Å². The number of anilines is 1. The number of rotatable bonds is 9. The number of benzene rings is 4. The number of methoxy groups -OCH3 is 1. The zero-order chi connectivity index (χ0) is 42.1. The van der Waals surface area contributed by atoms with Crippen molar-refractivity contribution in [3.63, 3.8) is 0 Å². The Kier molecular flexibility index (Phi) is 10.7. The van der Waals surface area contributed by atoms with Crippen molar-refractivity contribution in [3.8, 4) is 17.0 Å². The lowest BCUT2D eigenvalue weighted by Gasteiger charge is -2.29. The smallest absolute Gasteiger partial charge is 0.263 e. The van der Waals surface area contributed by atoms with Crippen molar-refractivity contribution in [1.82, 2.24) is 24.8 Å². The molecule has 6 heterocycles. The second kappa shape index (κ2) is 16.6. The minimum atomic E-state index is -3.04. The summed E-state index contributed by atoms with van der Waals surface area (Å²) in [4.78, 5) is 58.0. The van der Waals surface area contributed by atoms with E-state index in [-0.39, 0.29) is 35.8 Å². The first-order valence-corrected chi connectivity index (χ1v) is 22.0. The Labute approximate surface area is 353 Å². The Balaban J connectivity index is 0.000000156. The number of hydrogen-bond acceptors (Lipinski definition) is 10. The van der Waals surface area contributed by atoms with Gasteiger partial charge in [-0.1, -0.05) is 72.8 Å². The molecule has 7 aromatic rings. The summed E-state index contributed by atoms with van der Waals surface area (Å²) in [6.45, 7) is 2.14. The number of sulfone groups is 1. The van der Waals surface area contributed by atoms with Crippen LogP contribution in [0.2, 0.25) is 0 Å². The third-order valence-corrected chi connectivity index (χ3v) is 13.1. The van der Waals surface area contributed by atoms with Crippen molar-refractivity contribution in [2.75, 3.05) is 49.7 Å². The van der Waals surface area contributed by atoms with Crippen LogP contribution in [0.25, 0.3) is 32.9 Å². The lowest BCUT2D eigenvalue weighted by atomic mass is 9.97. The van der Waals surface area contributed by atoms with Crippen LogP contribution in [-0.4, -0.2) is 95.7 Å². The maximum atomic E-state index is 13.2. The van der Waals surface area contributed by atoms with Crippen molar-refractivity contribution >= 4 is 55.1 Å². The van der Waals surface area contributed by atoms with E-state index in [1.165, 1.54) is 4.90 Å². The van der Waals surface area contributed by atoms with Gasteiger partial charge in [-0.3, -0.25) is 29.3 Å². The summed E-state index contributed by atoms with van der Waals surface area (Å²) < 4.78 is 28.8. The largest absolute Gasteiger partial charge is 0.481 e. The molecule has 0 atom stereocenters. The van der Waals surface area contributed by atoms with E-state index in [1.807, 2.05) is 101 Å². The van der Waals surface area contributed by atoms with Crippen LogP contribution in [0.3, 0.4) is 0 Å². The molecule has 3 aromatic heterocycles. The van der Waals surface area contributed by atoms with E-state index in [4.69, 9.17) is 9.72 Å². The fourth-order valence-corrected chi connectivity index (χ4v) is 9.44. The second-order valence-electron chi connectivity index (χ2n) is 15.2. The molecule has 0 spiro atoms. The number of ether oxygens (including phenoxy) is 1. The topological polar surface area (TPSA) is 143 Å². The van der Waals surface area contributed by atoms with Gasteiger partial charge in [0.05, 0.1) is 52.0 Å². The summed E-state index contributed by atoms with van der Waals surface area (Å²) in [6.07, 6.45) is 2.90. The molecule has 0 saturated carbocycles. The van der Waals surface area contributed by atoms with Crippen molar-refractivity contribution in [3.05, 3.63) is 161 Å². The lowest BCUT2D eigenvalue weighted by Crippen LogP contribution is -2.41. The van der Waals surface area contributed by atoms with E-state index < -0.39 is 9.84 Å². The molecular formula is C48H42N6O6S. The van der Waals surface area contributed by atoms with Crippen LogP contribution in [0.15, 0.2) is 128 Å². The predicted molar refractivity (Wildman–Crippen MR) is 235 cm³/mol. The standard InChI is InChI=1S/C25H21N3O2.C23H21N3O4S/c1-30-23-15-18(11-13-26-23)21-7-4-6-19-16-28(25(29)24(19)21)14-12-20-10-9-17-5-2-3-8-22(17)27-20;27-22-18-5-3-7-20(25-12-14-31(29,30)15-13-25)21(18)23(28)26(22)11-10-17-9-8-16-4-1-2-6-19(16)24-17/h2-11,13,15H,12,14,16H2,1H3;1-9H,10-15H2. The Hall–Kier alpha value is -6.99. The number of imide groups is 1. The number of hydrogen-bond donors (Lipinski definition) is 0. The first-order valence-electron chi connectivity index (χ1n) is 20.2. The lowest BCUT2D eigenvalue weighted by molar-refractivity contribution is 0.0655. The maximum Gasteiger partial charge on any atom is 0.263 e. The van der Waals surface area contributed by atoms with Gasteiger partial charge < -0.3 is 14.5 Å². The van der Waals surface area contributed by atoms with Gasteiger partial charge in [0.15, 0.2) is 9.84 Å². The molecule has 306 valence electrons. The van der Waals surface area contributed by atoms with E-state index in [0.29, 0.717) is 55.3 Å². The summed E-state index contributed by atoms with van der Waals surface area (Å²) in [7, 11) is -1.45. The molecule has 10 rings (SSSR count). The number of fused-ring (bicyclic) bond motifs is 4. The molecule has 12 nitrogen and oxygen atoms in total. The van der Waals surface area contributed by atoms with Crippen molar-refractivity contribution in [2.24, 2.45) is 0 Å². The van der Waals surface area contributed by atoms with Gasteiger partial charge in [-0.05, 0) is 59.2 Å². The number of aromatic nitrogens is 3. The fraction of sp³-hybridized carbons (Fsp3) is 0.208. The molecule has 3 amide bonds. The number of amides is 3. The third-order valence-electron chi connectivity index (χ3n) is 11.5. The average Bonchev–Trinajstić information content (AvgIpc) is 3.75. The zero-order valence-electron chi connectivity index (χ0n) is 33.5. The fourth-order valence-electron chi connectivity index (χ4n) is 8.24. The van der Waals surface area contributed by atoms with Crippen LogP contribution in [0, 0.1) is 0 Å². The van der Waals surface area contributed by atoms with E-state index >= 15 is 0 Å². The Morgan fingerprint density at radius 1 is 0.639 bits per heavy atom. The van der Waals surface area contributed by atoms with E-state index in [2.05, 4.69) is 22.1 Å². The molecule has 3 aliphatic rings. The van der Waals surface area contributed by atoms with Gasteiger partial charge in [0.2, 0.25) is 5.88 Å². The molecule has 0 N–H and O–H groups in total. The first kappa shape index (κ1) is 39.5. The SMILES string of the molecule is COc1cc(-c2cccc3c2C(=O)N(CCc2ccc4ccccc4n2)C3)ccn1.O=C1c2cccc(N3CCS(=O)(=O)CC3)c2C(=O)N1CCc1ccc2ccccc2n1. The van der Waals surface area contributed by atoms with Crippen molar-refractivity contribution in [1.29, 1.82) is 0 Å². The summed E-state index contributed by atoms with van der Waals surface area (Å²) >= 11 is 0. The first-order chi connectivity index (χ1) is 29.7. The molecule has 1 saturated heterocycles. The minimum absolute atomic E-state index is 0.0517. The van der Waals surface area contributed by atoms with E-state index in [9.17, 15) is 22.8 Å². The van der Waals surface area contributed by atoms with Gasteiger partial charge in [0.25, 0.3) is 17.7 Å². The highest BCUT2D eigenvalue weighted by molar-refractivity contribution is 7.91. The van der Waals surface area contributed by atoms with Gasteiger partial charge in [0, 0.05) is 80.0 Å². The summed E-state index contributed by atoms with van der Waals surface area (Å²) in [5.74, 6) is 0.0656. The Bertz CT molecular complexity index is 2960. The van der Waals surface area contributed by atoms with Gasteiger partial charge in [-0.2, -0.15) is 0 Å². The van der Waals surface area contributed by atoms with Crippen LogP contribution in [0.1, 0.15) is 48.0 Å². The molecule has 13 heteroatoms. The zero-order valence-corrected chi connectivity index (χ0v) is 34.3. The number of carbonyl (C=O) groups excluding carboxylic acids is 3. The number of nitrogens with zero attached hydrogens (tertiary/aromatic N) is 6. The molecule has 61 heavy (non-hydrogen) atoms. The van der Waals surface area contributed by atoms with E-state index in [0.717, 1.165) is 61.9 Å². The highest BCUT2D eigenvalue weighted by Crippen LogP contribution is 2.35. The van der Waals surface area contributed by atoms with Gasteiger partial charge in [-0.25, -0.2) is 13.4 Å². The molecule has 0 bridgehead atoms. The quantitative estimate of drug-likeness (QED) is 0.142. The molecule has 1 fully saturated rings. The summed E-state index contributed by atoms with van der Waals surface area (Å²) in [5, 5.41) is 2.17. The Morgan fingerprint density at radius 2 is 1.28 bits per heavy atom.